The van der Waals surface area contributed by atoms with Crippen LogP contribution in [0.4, 0.5) is 0 Å². The van der Waals surface area contributed by atoms with Gasteiger partial charge < -0.3 is 25.0 Å². The van der Waals surface area contributed by atoms with Crippen molar-refractivity contribution in [3.05, 3.63) is 12.2 Å². The Hall–Kier alpha value is -0.950. The minimum absolute atomic E-state index is 0.249. The van der Waals surface area contributed by atoms with Gasteiger partial charge in [0.25, 0.3) is 0 Å². The van der Waals surface area contributed by atoms with Crippen molar-refractivity contribution in [2.45, 2.75) is 44.3 Å². The van der Waals surface area contributed by atoms with E-state index in [1.165, 1.54) is 7.11 Å². The Kier molecular flexibility index (Phi) is 5.28. The summed E-state index contributed by atoms with van der Waals surface area (Å²) in [5.41, 5.74) is 0.354. The third kappa shape index (κ3) is 3.08. The van der Waals surface area contributed by atoms with Gasteiger partial charge in [-0.3, -0.25) is 4.79 Å². The van der Waals surface area contributed by atoms with Crippen molar-refractivity contribution in [3.8, 4) is 0 Å². The van der Waals surface area contributed by atoms with Crippen LogP contribution in [0.25, 0.3) is 0 Å². The summed E-state index contributed by atoms with van der Waals surface area (Å²) in [5.74, 6) is -0.341. The van der Waals surface area contributed by atoms with Gasteiger partial charge in [0.2, 0.25) is 5.91 Å². The van der Waals surface area contributed by atoms with Gasteiger partial charge in [-0.2, -0.15) is 0 Å². The van der Waals surface area contributed by atoms with E-state index in [0.29, 0.717) is 5.57 Å². The molecule has 0 saturated carbocycles. The quantitative estimate of drug-likeness (QED) is 0.575. The Balaban J connectivity index is 2.79. The minimum atomic E-state index is -0.945. The number of hydrogen-bond donors (Lipinski definition) is 3. The molecule has 1 aliphatic rings. The van der Waals surface area contributed by atoms with Crippen LogP contribution in [-0.4, -0.2) is 60.3 Å². The van der Waals surface area contributed by atoms with Crippen LogP contribution in [0.1, 0.15) is 13.8 Å². The lowest BCUT2D eigenvalue weighted by Crippen LogP contribution is -2.63. The highest BCUT2D eigenvalue weighted by atomic mass is 16.6. The molecule has 0 spiro atoms. The van der Waals surface area contributed by atoms with Crippen LogP contribution in [0.15, 0.2) is 12.2 Å². The fourth-order valence-corrected chi connectivity index (χ4v) is 2.06. The summed E-state index contributed by atoms with van der Waals surface area (Å²) in [6.07, 6.45) is -2.65. The number of aliphatic hydroxyl groups excluding tert-OH is 2. The second kappa shape index (κ2) is 6.29. The molecule has 1 heterocycles. The zero-order chi connectivity index (χ0) is 13.9. The van der Waals surface area contributed by atoms with Gasteiger partial charge in [-0.15, -0.1) is 0 Å². The molecule has 3 N–H and O–H groups in total. The van der Waals surface area contributed by atoms with Crippen molar-refractivity contribution in [3.63, 3.8) is 0 Å². The minimum Gasteiger partial charge on any atom is -0.394 e. The van der Waals surface area contributed by atoms with Gasteiger partial charge >= 0.3 is 0 Å². The first kappa shape index (κ1) is 15.1. The van der Waals surface area contributed by atoms with Crippen molar-refractivity contribution in [2.75, 3.05) is 13.7 Å². The van der Waals surface area contributed by atoms with Gasteiger partial charge in [0.1, 0.15) is 18.3 Å². The van der Waals surface area contributed by atoms with Gasteiger partial charge in [-0.25, -0.2) is 0 Å². The van der Waals surface area contributed by atoms with Crippen molar-refractivity contribution < 1.29 is 24.5 Å². The van der Waals surface area contributed by atoms with Crippen molar-refractivity contribution in [1.29, 1.82) is 0 Å². The Bertz CT molecular complexity index is 320. The van der Waals surface area contributed by atoms with Crippen LogP contribution < -0.4 is 5.32 Å². The van der Waals surface area contributed by atoms with Crippen LogP contribution in [0.5, 0.6) is 0 Å². The summed E-state index contributed by atoms with van der Waals surface area (Å²) in [6, 6.07) is -0.595. The van der Waals surface area contributed by atoms with Gasteiger partial charge in [-0.05, 0) is 13.8 Å². The molecule has 0 aromatic rings. The van der Waals surface area contributed by atoms with E-state index in [4.69, 9.17) is 14.6 Å². The number of carbonyl (C=O) groups is 1. The number of methoxy groups -OCH3 is 1. The smallest absolute Gasteiger partial charge is 0.246 e. The maximum absolute atomic E-state index is 11.6. The molecule has 18 heavy (non-hydrogen) atoms. The second-order valence-electron chi connectivity index (χ2n) is 4.53. The molecule has 1 amide bonds. The van der Waals surface area contributed by atoms with Crippen LogP contribution in [-0.2, 0) is 14.3 Å². The van der Waals surface area contributed by atoms with E-state index in [9.17, 15) is 9.90 Å². The number of ether oxygens (including phenoxy) is 2. The molecule has 1 rings (SSSR count). The fraction of sp³-hybridized carbons (Fsp3) is 0.750. The Morgan fingerprint density at radius 3 is 2.61 bits per heavy atom. The number of carbonyl (C=O) groups excluding carboxylic acids is 1. The number of rotatable bonds is 4. The van der Waals surface area contributed by atoms with E-state index >= 15 is 0 Å². The Morgan fingerprint density at radius 2 is 2.17 bits per heavy atom. The average molecular weight is 259 g/mol. The summed E-state index contributed by atoms with van der Waals surface area (Å²) >= 11 is 0. The van der Waals surface area contributed by atoms with Gasteiger partial charge in [0, 0.05) is 12.7 Å². The van der Waals surface area contributed by atoms with Crippen LogP contribution in [0, 0.1) is 0 Å². The zero-order valence-corrected chi connectivity index (χ0v) is 10.9. The highest BCUT2D eigenvalue weighted by Gasteiger charge is 2.44. The molecule has 1 saturated heterocycles. The van der Waals surface area contributed by atoms with Crippen LogP contribution >= 0.6 is 0 Å². The first-order valence-corrected chi connectivity index (χ1v) is 5.86. The molecule has 5 atom stereocenters. The molecule has 6 heteroatoms. The summed E-state index contributed by atoms with van der Waals surface area (Å²) in [7, 11) is 1.42. The molecular formula is C12H21NO5. The zero-order valence-electron chi connectivity index (χ0n) is 10.9. The lowest BCUT2D eigenvalue weighted by Gasteiger charge is -2.42. The molecule has 0 aromatic heterocycles. The summed E-state index contributed by atoms with van der Waals surface area (Å²) in [4.78, 5) is 11.6. The number of hydrogen-bond acceptors (Lipinski definition) is 5. The molecular weight excluding hydrogens is 238 g/mol. The molecule has 6 nitrogen and oxygen atoms in total. The van der Waals surface area contributed by atoms with Gasteiger partial charge in [0.15, 0.2) is 0 Å². The first-order valence-electron chi connectivity index (χ1n) is 5.86. The maximum atomic E-state index is 11.6. The Labute approximate surface area is 107 Å². The molecule has 0 bridgehead atoms. The molecule has 1 aliphatic heterocycles. The lowest BCUT2D eigenvalue weighted by molar-refractivity contribution is -0.199. The van der Waals surface area contributed by atoms with Crippen LogP contribution in [0.3, 0.4) is 0 Å². The predicted molar refractivity (Wildman–Crippen MR) is 65.0 cm³/mol. The molecule has 0 aliphatic carbocycles. The van der Waals surface area contributed by atoms with E-state index in [-0.39, 0.29) is 12.5 Å². The van der Waals surface area contributed by atoms with Crippen LogP contribution in [0.2, 0.25) is 0 Å². The third-order valence-electron chi connectivity index (χ3n) is 3.10. The Morgan fingerprint density at radius 1 is 1.56 bits per heavy atom. The van der Waals surface area contributed by atoms with E-state index in [1.54, 1.807) is 13.8 Å². The largest absolute Gasteiger partial charge is 0.394 e. The normalized spacial score (nSPS) is 36.2. The molecule has 3 unspecified atom stereocenters. The highest BCUT2D eigenvalue weighted by molar-refractivity contribution is 5.92. The first-order chi connectivity index (χ1) is 8.42. The summed E-state index contributed by atoms with van der Waals surface area (Å²) in [5, 5.41) is 22.0. The lowest BCUT2D eigenvalue weighted by atomic mass is 9.93. The highest BCUT2D eigenvalue weighted by Crippen LogP contribution is 2.23. The SMILES string of the molecule is C=C(C)C(=O)NC1[C@@H](O)C(OC)C(CO)O[C@H]1C. The standard InChI is InChI=1S/C12H21NO5/c1-6(2)12(16)13-9-7(3)18-8(5-14)11(17-4)10(9)15/h7-11,14-15H,1,5H2,2-4H3,(H,13,16)/t7-,8?,9?,10+,11?/m0/s1. The van der Waals surface area contributed by atoms with Gasteiger partial charge in [-0.1, -0.05) is 6.58 Å². The number of nitrogens with one attached hydrogen (secondary N) is 1. The number of aliphatic hydroxyl groups is 2. The van der Waals surface area contributed by atoms with E-state index in [0.717, 1.165) is 0 Å². The summed E-state index contributed by atoms with van der Waals surface area (Å²) in [6.45, 7) is 6.59. The second-order valence-corrected chi connectivity index (χ2v) is 4.53. The third-order valence-corrected chi connectivity index (χ3v) is 3.10. The van der Waals surface area contributed by atoms with Gasteiger partial charge in [0.05, 0.1) is 18.8 Å². The average Bonchev–Trinajstić information content (AvgIpc) is 2.33. The van der Waals surface area contributed by atoms with E-state index < -0.39 is 30.5 Å². The molecule has 1 fully saturated rings. The van der Waals surface area contributed by atoms with Crippen molar-refractivity contribution in [1.82, 2.24) is 5.32 Å². The fourth-order valence-electron chi connectivity index (χ4n) is 2.06. The maximum Gasteiger partial charge on any atom is 0.246 e. The summed E-state index contributed by atoms with van der Waals surface area (Å²) < 4.78 is 10.6. The molecule has 104 valence electrons. The molecule has 0 aromatic carbocycles. The van der Waals surface area contributed by atoms with E-state index in [2.05, 4.69) is 11.9 Å². The monoisotopic (exact) mass is 259 g/mol. The molecule has 0 radical (unpaired) electrons. The number of amides is 1. The topological polar surface area (TPSA) is 88.0 Å². The van der Waals surface area contributed by atoms with Crippen molar-refractivity contribution in [2.24, 2.45) is 0 Å². The van der Waals surface area contributed by atoms with Crippen molar-refractivity contribution >= 4 is 5.91 Å². The van der Waals surface area contributed by atoms with E-state index in [1.807, 2.05) is 0 Å². The predicted octanol–water partition coefficient (Wildman–Crippen LogP) is -0.797.